The maximum Gasteiger partial charge on any atom is 0.101 e. The minimum Gasteiger partial charge on any atom is -0.317 e. The molecular weight excluding hydrogens is 280 g/mol. The molecule has 0 bridgehead atoms. The van der Waals surface area contributed by atoms with Gasteiger partial charge in [0.1, 0.15) is 6.07 Å². The van der Waals surface area contributed by atoms with Crippen LogP contribution in [0.25, 0.3) is 0 Å². The molecule has 1 saturated heterocycles. The van der Waals surface area contributed by atoms with Crippen LogP contribution >= 0.6 is 15.9 Å². The van der Waals surface area contributed by atoms with E-state index in [1.54, 1.807) is 0 Å². The van der Waals surface area contributed by atoms with Crippen molar-refractivity contribution in [3.8, 4) is 6.07 Å². The lowest BCUT2D eigenvalue weighted by Crippen LogP contribution is -2.47. The van der Waals surface area contributed by atoms with E-state index in [1.807, 2.05) is 18.2 Å². The number of anilines is 1. The van der Waals surface area contributed by atoms with Crippen LogP contribution in [0.3, 0.4) is 0 Å². The zero-order valence-corrected chi connectivity index (χ0v) is 11.4. The lowest BCUT2D eigenvalue weighted by Gasteiger charge is -2.33. The number of nitrogens with zero attached hydrogens (tertiary/aromatic N) is 3. The molecule has 0 spiro atoms. The fourth-order valence-corrected chi connectivity index (χ4v) is 2.16. The monoisotopic (exact) mass is 294 g/mol. The topological polar surface area (TPSA) is 42.3 Å². The summed E-state index contributed by atoms with van der Waals surface area (Å²) in [4.78, 5) is 2.30. The van der Waals surface area contributed by atoms with E-state index in [2.05, 4.69) is 44.4 Å². The maximum absolute atomic E-state index is 9.05. The van der Waals surface area contributed by atoms with Crippen molar-refractivity contribution in [1.82, 2.24) is 9.91 Å². The first-order valence-electron chi connectivity index (χ1n) is 5.59. The molecule has 0 amide bonds. The zero-order chi connectivity index (χ0) is 12.3. The Morgan fingerprint density at radius 2 is 2.00 bits per heavy atom. The zero-order valence-electron chi connectivity index (χ0n) is 9.78. The minimum atomic E-state index is 0.673. The Balaban J connectivity index is 2.08. The van der Waals surface area contributed by atoms with Crippen LogP contribution < -0.4 is 5.43 Å². The second-order valence-corrected chi connectivity index (χ2v) is 5.12. The molecular formula is C12H15BrN4. The fraction of sp³-hybridized carbons (Fsp3) is 0.417. The van der Waals surface area contributed by atoms with Gasteiger partial charge in [0.2, 0.25) is 0 Å². The quantitative estimate of drug-likeness (QED) is 0.905. The third-order valence-electron chi connectivity index (χ3n) is 2.88. The van der Waals surface area contributed by atoms with Crippen molar-refractivity contribution in [2.24, 2.45) is 0 Å². The summed E-state index contributed by atoms with van der Waals surface area (Å²) < 4.78 is 0.980. The molecule has 1 N–H and O–H groups in total. The molecule has 0 saturated carbocycles. The summed E-state index contributed by atoms with van der Waals surface area (Å²) in [5.41, 5.74) is 4.86. The second kappa shape index (κ2) is 5.50. The number of rotatable bonds is 2. The van der Waals surface area contributed by atoms with Gasteiger partial charge in [0, 0.05) is 30.7 Å². The smallest absolute Gasteiger partial charge is 0.101 e. The van der Waals surface area contributed by atoms with Crippen LogP contribution in [0.1, 0.15) is 5.56 Å². The van der Waals surface area contributed by atoms with E-state index in [0.29, 0.717) is 5.56 Å². The molecule has 1 aliphatic heterocycles. The van der Waals surface area contributed by atoms with Crippen LogP contribution in [0.2, 0.25) is 0 Å². The largest absolute Gasteiger partial charge is 0.317 e. The normalized spacial score (nSPS) is 17.7. The summed E-state index contributed by atoms with van der Waals surface area (Å²) in [5, 5.41) is 11.2. The van der Waals surface area contributed by atoms with Crippen LogP contribution in [0, 0.1) is 11.3 Å². The molecule has 17 heavy (non-hydrogen) atoms. The molecule has 0 radical (unpaired) electrons. The molecule has 0 unspecified atom stereocenters. The van der Waals surface area contributed by atoms with Gasteiger partial charge in [-0.05, 0) is 25.2 Å². The van der Waals surface area contributed by atoms with Gasteiger partial charge in [0.25, 0.3) is 0 Å². The highest BCUT2D eigenvalue weighted by atomic mass is 79.9. The SMILES string of the molecule is CN1CCN(Nc2cc(Br)ccc2C#N)CC1. The molecule has 1 aliphatic rings. The summed E-state index contributed by atoms with van der Waals surface area (Å²) in [6.45, 7) is 4.02. The second-order valence-electron chi connectivity index (χ2n) is 4.20. The molecule has 2 rings (SSSR count). The number of piperazine rings is 1. The van der Waals surface area contributed by atoms with Gasteiger partial charge in [-0.2, -0.15) is 5.26 Å². The van der Waals surface area contributed by atoms with E-state index < -0.39 is 0 Å². The van der Waals surface area contributed by atoms with Gasteiger partial charge in [0.05, 0.1) is 11.3 Å². The van der Waals surface area contributed by atoms with E-state index >= 15 is 0 Å². The Bertz CT molecular complexity index is 433. The van der Waals surface area contributed by atoms with Gasteiger partial charge in [-0.1, -0.05) is 15.9 Å². The van der Waals surface area contributed by atoms with Gasteiger partial charge in [0.15, 0.2) is 0 Å². The van der Waals surface area contributed by atoms with E-state index in [9.17, 15) is 0 Å². The molecule has 0 atom stereocenters. The van der Waals surface area contributed by atoms with Crippen LogP contribution in [-0.4, -0.2) is 43.1 Å². The minimum absolute atomic E-state index is 0.673. The Morgan fingerprint density at radius 1 is 1.29 bits per heavy atom. The molecule has 0 aliphatic carbocycles. The standard InChI is InChI=1S/C12H15BrN4/c1-16-4-6-17(7-5-16)15-12-8-11(13)3-2-10(12)9-14/h2-3,8,15H,4-7H2,1H3. The van der Waals surface area contributed by atoms with Crippen molar-refractivity contribution < 1.29 is 0 Å². The first-order valence-corrected chi connectivity index (χ1v) is 6.38. The number of likely N-dealkylation sites (N-methyl/N-ethyl adjacent to an activating group) is 1. The Labute approximate surface area is 110 Å². The molecule has 0 aromatic heterocycles. The van der Waals surface area contributed by atoms with E-state index in [1.165, 1.54) is 0 Å². The number of hydrogen-bond donors (Lipinski definition) is 1. The summed E-state index contributed by atoms with van der Waals surface area (Å²) in [5.74, 6) is 0. The lowest BCUT2D eigenvalue weighted by molar-refractivity contribution is 0.179. The number of benzene rings is 1. The van der Waals surface area contributed by atoms with Gasteiger partial charge >= 0.3 is 0 Å². The summed E-state index contributed by atoms with van der Waals surface area (Å²) >= 11 is 3.42. The van der Waals surface area contributed by atoms with Crippen molar-refractivity contribution in [1.29, 1.82) is 5.26 Å². The fourth-order valence-electron chi connectivity index (χ4n) is 1.80. The molecule has 1 fully saturated rings. The van der Waals surface area contributed by atoms with Gasteiger partial charge in [-0.3, -0.25) is 0 Å². The van der Waals surface area contributed by atoms with Gasteiger partial charge < -0.3 is 10.3 Å². The van der Waals surface area contributed by atoms with Gasteiger partial charge in [-0.15, -0.1) is 0 Å². The Kier molecular flexibility index (Phi) is 4.00. The van der Waals surface area contributed by atoms with Gasteiger partial charge in [-0.25, -0.2) is 5.01 Å². The van der Waals surface area contributed by atoms with Crippen LogP contribution in [0.4, 0.5) is 5.69 Å². The highest BCUT2D eigenvalue weighted by molar-refractivity contribution is 9.10. The van der Waals surface area contributed by atoms with Crippen molar-refractivity contribution in [2.45, 2.75) is 0 Å². The highest BCUT2D eigenvalue weighted by Gasteiger charge is 2.14. The number of halogens is 1. The lowest BCUT2D eigenvalue weighted by atomic mass is 10.2. The number of nitrogens with one attached hydrogen (secondary N) is 1. The Morgan fingerprint density at radius 3 is 2.65 bits per heavy atom. The molecule has 1 aromatic rings. The first-order chi connectivity index (χ1) is 8.19. The maximum atomic E-state index is 9.05. The number of hydrazine groups is 1. The van der Waals surface area contributed by atoms with Crippen LogP contribution in [-0.2, 0) is 0 Å². The van der Waals surface area contributed by atoms with Crippen LogP contribution in [0.15, 0.2) is 22.7 Å². The summed E-state index contributed by atoms with van der Waals surface area (Å²) in [6, 6.07) is 7.85. The average molecular weight is 295 g/mol. The highest BCUT2D eigenvalue weighted by Crippen LogP contribution is 2.21. The first kappa shape index (κ1) is 12.4. The van der Waals surface area contributed by atoms with Crippen LogP contribution in [0.5, 0.6) is 0 Å². The number of nitriles is 1. The molecule has 5 heteroatoms. The van der Waals surface area contributed by atoms with Crippen molar-refractivity contribution in [3.63, 3.8) is 0 Å². The van der Waals surface area contributed by atoms with E-state index in [4.69, 9.17) is 5.26 Å². The molecule has 90 valence electrons. The molecule has 4 nitrogen and oxygen atoms in total. The van der Waals surface area contributed by atoms with E-state index in [-0.39, 0.29) is 0 Å². The third kappa shape index (κ3) is 3.19. The summed E-state index contributed by atoms with van der Waals surface area (Å²) in [6.07, 6.45) is 0. The molecule has 1 aromatic carbocycles. The van der Waals surface area contributed by atoms with Crippen molar-refractivity contribution in [2.75, 3.05) is 38.7 Å². The predicted octanol–water partition coefficient (Wildman–Crippen LogP) is 1.90. The van der Waals surface area contributed by atoms with E-state index in [0.717, 1.165) is 36.3 Å². The summed E-state index contributed by atoms with van der Waals surface area (Å²) in [7, 11) is 2.12. The van der Waals surface area contributed by atoms with Crippen molar-refractivity contribution in [3.05, 3.63) is 28.2 Å². The van der Waals surface area contributed by atoms with Crippen molar-refractivity contribution >= 4 is 21.6 Å². The Hall–Kier alpha value is -1.09. The molecule has 1 heterocycles. The number of hydrogen-bond acceptors (Lipinski definition) is 4. The third-order valence-corrected chi connectivity index (χ3v) is 3.38. The average Bonchev–Trinajstić information content (AvgIpc) is 2.32. The predicted molar refractivity (Wildman–Crippen MR) is 71.5 cm³/mol.